The first-order valence-corrected chi connectivity index (χ1v) is 10.9. The Bertz CT molecular complexity index is 724. The molecule has 0 radical (unpaired) electrons. The quantitative estimate of drug-likeness (QED) is 0.845. The highest BCUT2D eigenvalue weighted by molar-refractivity contribution is 7.89. The predicted molar refractivity (Wildman–Crippen MR) is 98.4 cm³/mol. The van der Waals surface area contributed by atoms with E-state index in [4.69, 9.17) is 11.6 Å². The molecule has 0 bridgehead atoms. The predicted octanol–water partition coefficient (Wildman–Crippen LogP) is 3.43. The molecule has 0 unspecified atom stereocenters. The standard InChI is InChI=1S/C18H25ClN2O3S/c19-16-9-8-15(18(22)20-13-14-6-2-1-3-7-14)12-17(16)25(23,24)21-10-4-5-11-21/h8-9,12,14H,1-7,10-11,13H2,(H,20,22). The van der Waals surface area contributed by atoms with Crippen LogP contribution in [0, 0.1) is 5.92 Å². The minimum absolute atomic E-state index is 0.0291. The van der Waals surface area contributed by atoms with Crippen molar-refractivity contribution < 1.29 is 13.2 Å². The maximum Gasteiger partial charge on any atom is 0.251 e. The molecule has 5 nitrogen and oxygen atoms in total. The smallest absolute Gasteiger partial charge is 0.251 e. The van der Waals surface area contributed by atoms with Gasteiger partial charge in [0.25, 0.3) is 5.91 Å². The van der Waals surface area contributed by atoms with Crippen molar-refractivity contribution in [3.63, 3.8) is 0 Å². The molecule has 1 aliphatic carbocycles. The van der Waals surface area contributed by atoms with Crippen LogP contribution in [0.2, 0.25) is 5.02 Å². The summed E-state index contributed by atoms with van der Waals surface area (Å²) in [6, 6.07) is 4.49. The molecule has 1 aromatic rings. The molecule has 1 saturated heterocycles. The van der Waals surface area contributed by atoms with Crippen molar-refractivity contribution in [3.8, 4) is 0 Å². The Labute approximate surface area is 154 Å². The van der Waals surface area contributed by atoms with Gasteiger partial charge in [-0.25, -0.2) is 8.42 Å². The van der Waals surface area contributed by atoms with E-state index in [1.165, 1.54) is 35.7 Å². The molecule has 2 fully saturated rings. The molecular weight excluding hydrogens is 360 g/mol. The van der Waals surface area contributed by atoms with Crippen LogP contribution in [0.1, 0.15) is 55.3 Å². The molecule has 1 N–H and O–H groups in total. The van der Waals surface area contributed by atoms with Crippen LogP contribution >= 0.6 is 11.6 Å². The molecule has 138 valence electrons. The van der Waals surface area contributed by atoms with Gasteiger partial charge in [-0.2, -0.15) is 4.31 Å². The summed E-state index contributed by atoms with van der Waals surface area (Å²) in [5.41, 5.74) is 0.345. The number of rotatable bonds is 5. The number of sulfonamides is 1. The third-order valence-electron chi connectivity index (χ3n) is 5.15. The fourth-order valence-corrected chi connectivity index (χ4v) is 5.66. The van der Waals surface area contributed by atoms with E-state index >= 15 is 0 Å². The third-order valence-corrected chi connectivity index (χ3v) is 7.53. The van der Waals surface area contributed by atoms with E-state index in [9.17, 15) is 13.2 Å². The van der Waals surface area contributed by atoms with E-state index in [-0.39, 0.29) is 15.8 Å². The number of hydrogen-bond acceptors (Lipinski definition) is 3. The third kappa shape index (κ3) is 4.36. The topological polar surface area (TPSA) is 66.5 Å². The summed E-state index contributed by atoms with van der Waals surface area (Å²) in [7, 11) is -3.64. The van der Waals surface area contributed by atoms with Gasteiger partial charge in [0, 0.05) is 25.2 Å². The van der Waals surface area contributed by atoms with Gasteiger partial charge in [-0.1, -0.05) is 30.9 Å². The van der Waals surface area contributed by atoms with Crippen molar-refractivity contribution in [1.29, 1.82) is 0 Å². The molecule has 0 spiro atoms. The van der Waals surface area contributed by atoms with Gasteiger partial charge in [-0.3, -0.25) is 4.79 Å². The summed E-state index contributed by atoms with van der Waals surface area (Å²) in [5.74, 6) is 0.290. The minimum Gasteiger partial charge on any atom is -0.352 e. The highest BCUT2D eigenvalue weighted by Crippen LogP contribution is 2.28. The van der Waals surface area contributed by atoms with E-state index in [1.807, 2.05) is 0 Å². The van der Waals surface area contributed by atoms with Gasteiger partial charge in [-0.05, 0) is 49.8 Å². The van der Waals surface area contributed by atoms with E-state index in [0.717, 1.165) is 25.7 Å². The maximum absolute atomic E-state index is 12.7. The number of benzene rings is 1. The van der Waals surface area contributed by atoms with Crippen LogP contribution in [0.15, 0.2) is 23.1 Å². The Morgan fingerprint density at radius 2 is 1.80 bits per heavy atom. The molecule has 3 rings (SSSR count). The van der Waals surface area contributed by atoms with Crippen LogP contribution in [0.5, 0.6) is 0 Å². The van der Waals surface area contributed by atoms with E-state index < -0.39 is 10.0 Å². The first-order chi connectivity index (χ1) is 12.0. The fourth-order valence-electron chi connectivity index (χ4n) is 3.64. The van der Waals surface area contributed by atoms with Crippen molar-refractivity contribution in [2.75, 3.05) is 19.6 Å². The molecule has 1 aromatic carbocycles. The van der Waals surface area contributed by atoms with Crippen LogP contribution in [-0.4, -0.2) is 38.3 Å². The molecule has 2 aliphatic rings. The monoisotopic (exact) mass is 384 g/mol. The SMILES string of the molecule is O=C(NCC1CCCCC1)c1ccc(Cl)c(S(=O)(=O)N2CCCC2)c1. The Kier molecular flexibility index (Phi) is 6.02. The molecule has 0 atom stereocenters. The highest BCUT2D eigenvalue weighted by Gasteiger charge is 2.29. The zero-order chi connectivity index (χ0) is 17.9. The Morgan fingerprint density at radius 1 is 1.12 bits per heavy atom. The summed E-state index contributed by atoms with van der Waals surface area (Å²) >= 11 is 6.13. The molecular formula is C18H25ClN2O3S. The lowest BCUT2D eigenvalue weighted by atomic mass is 9.89. The zero-order valence-corrected chi connectivity index (χ0v) is 15.9. The van der Waals surface area contributed by atoms with Crippen molar-refractivity contribution >= 4 is 27.5 Å². The molecule has 0 aromatic heterocycles. The molecule has 1 heterocycles. The van der Waals surface area contributed by atoms with Gasteiger partial charge in [0.15, 0.2) is 0 Å². The van der Waals surface area contributed by atoms with Crippen molar-refractivity contribution in [2.45, 2.75) is 49.8 Å². The summed E-state index contributed by atoms with van der Waals surface area (Å²) in [5, 5.41) is 3.11. The summed E-state index contributed by atoms with van der Waals surface area (Å²) in [6.07, 6.45) is 7.74. The summed E-state index contributed by atoms with van der Waals surface area (Å²) < 4.78 is 26.9. The van der Waals surface area contributed by atoms with Crippen LogP contribution in [0.25, 0.3) is 0 Å². The van der Waals surface area contributed by atoms with Gasteiger partial charge in [-0.15, -0.1) is 0 Å². The number of carbonyl (C=O) groups excluding carboxylic acids is 1. The van der Waals surface area contributed by atoms with Crippen molar-refractivity contribution in [3.05, 3.63) is 28.8 Å². The number of carbonyl (C=O) groups is 1. The Balaban J connectivity index is 1.73. The second kappa shape index (κ2) is 8.06. The fraction of sp³-hybridized carbons (Fsp3) is 0.611. The lowest BCUT2D eigenvalue weighted by Crippen LogP contribution is -2.31. The average Bonchev–Trinajstić information content (AvgIpc) is 3.16. The number of amides is 1. The lowest BCUT2D eigenvalue weighted by molar-refractivity contribution is 0.0943. The van der Waals surface area contributed by atoms with E-state index in [2.05, 4.69) is 5.32 Å². The van der Waals surface area contributed by atoms with E-state index in [0.29, 0.717) is 31.1 Å². The van der Waals surface area contributed by atoms with Gasteiger partial charge in [0.1, 0.15) is 4.90 Å². The minimum atomic E-state index is -3.64. The first kappa shape index (κ1) is 18.7. The summed E-state index contributed by atoms with van der Waals surface area (Å²) in [4.78, 5) is 12.5. The summed E-state index contributed by atoms with van der Waals surface area (Å²) in [6.45, 7) is 1.67. The molecule has 1 saturated carbocycles. The van der Waals surface area contributed by atoms with Gasteiger partial charge in [0.05, 0.1) is 5.02 Å². The molecule has 7 heteroatoms. The van der Waals surface area contributed by atoms with Gasteiger partial charge in [0.2, 0.25) is 10.0 Å². The van der Waals surface area contributed by atoms with Crippen LogP contribution < -0.4 is 5.32 Å². The Morgan fingerprint density at radius 3 is 2.48 bits per heavy atom. The van der Waals surface area contributed by atoms with Crippen molar-refractivity contribution in [2.24, 2.45) is 5.92 Å². The second-order valence-corrected chi connectivity index (χ2v) is 9.28. The average molecular weight is 385 g/mol. The lowest BCUT2D eigenvalue weighted by Gasteiger charge is -2.22. The van der Waals surface area contributed by atoms with Crippen LogP contribution in [-0.2, 0) is 10.0 Å². The maximum atomic E-state index is 12.7. The normalized spacial score (nSPS) is 19.9. The van der Waals surface area contributed by atoms with Crippen molar-refractivity contribution in [1.82, 2.24) is 9.62 Å². The van der Waals surface area contributed by atoms with Gasteiger partial charge >= 0.3 is 0 Å². The van der Waals surface area contributed by atoms with E-state index in [1.54, 1.807) is 6.07 Å². The molecule has 1 amide bonds. The molecule has 25 heavy (non-hydrogen) atoms. The van der Waals surface area contributed by atoms with Gasteiger partial charge < -0.3 is 5.32 Å². The largest absolute Gasteiger partial charge is 0.352 e. The number of halogens is 1. The number of nitrogens with one attached hydrogen (secondary N) is 1. The molecule has 1 aliphatic heterocycles. The zero-order valence-electron chi connectivity index (χ0n) is 14.3. The number of nitrogens with zero attached hydrogens (tertiary/aromatic N) is 1. The van der Waals surface area contributed by atoms with Crippen LogP contribution in [0.4, 0.5) is 0 Å². The second-order valence-electron chi connectivity index (χ2n) is 6.97. The number of hydrogen-bond donors (Lipinski definition) is 1. The highest BCUT2D eigenvalue weighted by atomic mass is 35.5. The first-order valence-electron chi connectivity index (χ1n) is 9.06. The van der Waals surface area contributed by atoms with Crippen LogP contribution in [0.3, 0.4) is 0 Å². The Hall–Kier alpha value is -1.11.